The van der Waals surface area contributed by atoms with Gasteiger partial charge in [0.15, 0.2) is 18.2 Å². The molecule has 26 heavy (non-hydrogen) atoms. The van der Waals surface area contributed by atoms with Crippen LogP contribution in [-0.2, 0) is 9.59 Å². The average molecular weight is 352 g/mol. The van der Waals surface area contributed by atoms with Crippen molar-refractivity contribution in [2.24, 2.45) is 0 Å². The second-order valence-corrected chi connectivity index (χ2v) is 6.30. The molecule has 0 radical (unpaired) electrons. The number of fused-ring (bicyclic) bond motifs is 1. The highest BCUT2D eigenvalue weighted by Crippen LogP contribution is 2.28. The number of amides is 2. The fourth-order valence-corrected chi connectivity index (χ4v) is 3.28. The molecule has 0 atom stereocenters. The molecule has 7 heteroatoms. The van der Waals surface area contributed by atoms with Gasteiger partial charge in [0.2, 0.25) is 5.91 Å². The van der Waals surface area contributed by atoms with Crippen molar-refractivity contribution in [3.8, 4) is 5.75 Å². The molecule has 0 spiro atoms. The summed E-state index contributed by atoms with van der Waals surface area (Å²) in [5.41, 5.74) is 1.17. The molecular formula is C19H20N4O3. The summed E-state index contributed by atoms with van der Waals surface area (Å²) < 4.78 is 5.37. The molecule has 7 nitrogen and oxygen atoms in total. The van der Waals surface area contributed by atoms with Gasteiger partial charge in [0, 0.05) is 38.1 Å². The van der Waals surface area contributed by atoms with Crippen molar-refractivity contribution in [2.75, 3.05) is 49.1 Å². The first-order valence-corrected chi connectivity index (χ1v) is 8.68. The van der Waals surface area contributed by atoms with Crippen LogP contribution in [0.5, 0.6) is 5.75 Å². The van der Waals surface area contributed by atoms with Gasteiger partial charge in [0.1, 0.15) is 6.54 Å². The lowest BCUT2D eigenvalue weighted by Crippen LogP contribution is -2.53. The normalized spacial score (nSPS) is 16.9. The second-order valence-electron chi connectivity index (χ2n) is 6.30. The van der Waals surface area contributed by atoms with Crippen LogP contribution in [0.25, 0.3) is 0 Å². The molecule has 0 bridgehead atoms. The van der Waals surface area contributed by atoms with Gasteiger partial charge in [0.05, 0.1) is 0 Å². The third-order valence-electron chi connectivity index (χ3n) is 4.71. The molecule has 4 rings (SSSR count). The zero-order chi connectivity index (χ0) is 17.9. The van der Waals surface area contributed by atoms with Gasteiger partial charge in [-0.05, 0) is 24.3 Å². The van der Waals surface area contributed by atoms with E-state index >= 15 is 0 Å². The van der Waals surface area contributed by atoms with Crippen molar-refractivity contribution < 1.29 is 14.3 Å². The molecule has 2 aromatic rings. The number of hydrogen-bond donors (Lipinski definition) is 0. The fraction of sp³-hybridized carbons (Fsp3) is 0.316. The molecule has 1 aromatic carbocycles. The Balaban J connectivity index is 1.40. The lowest BCUT2D eigenvalue weighted by Gasteiger charge is -2.37. The van der Waals surface area contributed by atoms with E-state index in [0.717, 1.165) is 13.1 Å². The highest BCUT2D eigenvalue weighted by atomic mass is 16.5. The van der Waals surface area contributed by atoms with Crippen molar-refractivity contribution in [3.05, 3.63) is 48.7 Å². The van der Waals surface area contributed by atoms with Crippen LogP contribution in [0.4, 0.5) is 11.5 Å². The maximum absolute atomic E-state index is 12.7. The molecule has 0 unspecified atom stereocenters. The Labute approximate surface area is 151 Å². The van der Waals surface area contributed by atoms with E-state index in [9.17, 15) is 9.59 Å². The number of pyridine rings is 1. The van der Waals surface area contributed by atoms with Crippen LogP contribution in [0, 0.1) is 0 Å². The number of ether oxygens (including phenoxy) is 1. The van der Waals surface area contributed by atoms with Gasteiger partial charge in [-0.1, -0.05) is 18.2 Å². The molecule has 0 N–H and O–H groups in total. The summed E-state index contributed by atoms with van der Waals surface area (Å²) in [7, 11) is 0. The van der Waals surface area contributed by atoms with Crippen LogP contribution in [0.1, 0.15) is 0 Å². The molecule has 134 valence electrons. The maximum Gasteiger partial charge on any atom is 0.266 e. The summed E-state index contributed by atoms with van der Waals surface area (Å²) in [6.07, 6.45) is 1.59. The van der Waals surface area contributed by atoms with E-state index in [1.807, 2.05) is 23.1 Å². The number of anilines is 2. The summed E-state index contributed by atoms with van der Waals surface area (Å²) >= 11 is 0. The van der Waals surface area contributed by atoms with Crippen LogP contribution >= 0.6 is 0 Å². The number of rotatable bonds is 3. The molecule has 3 heterocycles. The summed E-state index contributed by atoms with van der Waals surface area (Å²) in [4.78, 5) is 34.6. The smallest absolute Gasteiger partial charge is 0.266 e. The average Bonchev–Trinajstić information content (AvgIpc) is 2.71. The summed E-state index contributed by atoms with van der Waals surface area (Å²) in [5, 5.41) is 0. The quantitative estimate of drug-likeness (QED) is 0.829. The largest absolute Gasteiger partial charge is 0.480 e. The molecule has 2 aliphatic heterocycles. The van der Waals surface area contributed by atoms with Gasteiger partial charge < -0.3 is 14.5 Å². The van der Waals surface area contributed by atoms with E-state index < -0.39 is 0 Å². The Morgan fingerprint density at radius 1 is 1.04 bits per heavy atom. The SMILES string of the molecule is O=C(CN1C(=O)COc2cccnc21)N1CCN(c2ccccc2)CC1. The molecule has 2 amide bonds. The molecule has 1 fully saturated rings. The number of para-hydroxylation sites is 1. The minimum Gasteiger partial charge on any atom is -0.480 e. The van der Waals surface area contributed by atoms with E-state index in [2.05, 4.69) is 22.0 Å². The van der Waals surface area contributed by atoms with Crippen LogP contribution in [0.15, 0.2) is 48.7 Å². The zero-order valence-electron chi connectivity index (χ0n) is 14.4. The minimum atomic E-state index is -0.243. The Morgan fingerprint density at radius 2 is 1.81 bits per heavy atom. The van der Waals surface area contributed by atoms with Crippen molar-refractivity contribution in [2.45, 2.75) is 0 Å². The first-order chi connectivity index (χ1) is 12.7. The minimum absolute atomic E-state index is 0.00244. The molecule has 0 saturated carbocycles. The van der Waals surface area contributed by atoms with Gasteiger partial charge in [-0.15, -0.1) is 0 Å². The van der Waals surface area contributed by atoms with Crippen LogP contribution in [0.3, 0.4) is 0 Å². The van der Waals surface area contributed by atoms with Crippen LogP contribution in [-0.4, -0.2) is 61.0 Å². The summed E-state index contributed by atoms with van der Waals surface area (Å²) in [5.74, 6) is 0.644. The van der Waals surface area contributed by atoms with Gasteiger partial charge in [0.25, 0.3) is 5.91 Å². The first kappa shape index (κ1) is 16.4. The number of carbonyl (C=O) groups is 2. The lowest BCUT2D eigenvalue weighted by atomic mass is 10.2. The van der Waals surface area contributed by atoms with Gasteiger partial charge in [-0.25, -0.2) is 4.98 Å². The highest BCUT2D eigenvalue weighted by molar-refractivity contribution is 6.01. The second kappa shape index (κ2) is 7.03. The van der Waals surface area contributed by atoms with Crippen molar-refractivity contribution in [3.63, 3.8) is 0 Å². The van der Waals surface area contributed by atoms with E-state index in [1.165, 1.54) is 10.6 Å². The van der Waals surface area contributed by atoms with Gasteiger partial charge in [-0.2, -0.15) is 0 Å². The topological polar surface area (TPSA) is 66.0 Å². The fourth-order valence-electron chi connectivity index (χ4n) is 3.28. The summed E-state index contributed by atoms with van der Waals surface area (Å²) in [6, 6.07) is 13.7. The lowest BCUT2D eigenvalue weighted by molar-refractivity contribution is -0.132. The van der Waals surface area contributed by atoms with E-state index in [1.54, 1.807) is 18.3 Å². The molecule has 0 aliphatic carbocycles. The molecule has 1 aromatic heterocycles. The predicted molar refractivity (Wildman–Crippen MR) is 97.3 cm³/mol. The number of hydrogen-bond acceptors (Lipinski definition) is 5. The Hall–Kier alpha value is -3.09. The molecular weight excluding hydrogens is 332 g/mol. The molecule has 2 aliphatic rings. The van der Waals surface area contributed by atoms with E-state index in [-0.39, 0.29) is 25.0 Å². The van der Waals surface area contributed by atoms with E-state index in [0.29, 0.717) is 24.7 Å². The molecule has 1 saturated heterocycles. The monoisotopic (exact) mass is 352 g/mol. The Morgan fingerprint density at radius 3 is 2.58 bits per heavy atom. The van der Waals surface area contributed by atoms with Crippen LogP contribution < -0.4 is 14.5 Å². The third kappa shape index (κ3) is 3.20. The first-order valence-electron chi connectivity index (χ1n) is 8.68. The Kier molecular flexibility index (Phi) is 4.43. The summed E-state index contributed by atoms with van der Waals surface area (Å²) in [6.45, 7) is 2.78. The van der Waals surface area contributed by atoms with Crippen molar-refractivity contribution in [1.29, 1.82) is 0 Å². The number of benzene rings is 1. The van der Waals surface area contributed by atoms with Crippen molar-refractivity contribution in [1.82, 2.24) is 9.88 Å². The van der Waals surface area contributed by atoms with Gasteiger partial charge in [-0.3, -0.25) is 14.5 Å². The predicted octanol–water partition coefficient (Wildman–Crippen LogP) is 1.16. The number of aromatic nitrogens is 1. The number of nitrogens with zero attached hydrogens (tertiary/aromatic N) is 4. The number of piperazine rings is 1. The van der Waals surface area contributed by atoms with E-state index in [4.69, 9.17) is 4.74 Å². The van der Waals surface area contributed by atoms with Gasteiger partial charge >= 0.3 is 0 Å². The maximum atomic E-state index is 12.7. The number of carbonyl (C=O) groups excluding carboxylic acids is 2. The Bertz CT molecular complexity index is 803. The van der Waals surface area contributed by atoms with Crippen LogP contribution in [0.2, 0.25) is 0 Å². The van der Waals surface area contributed by atoms with Crippen molar-refractivity contribution >= 4 is 23.3 Å². The third-order valence-corrected chi connectivity index (χ3v) is 4.71. The standard InChI is InChI=1S/C19H20N4O3/c24-17(13-23-18(25)14-26-16-7-4-8-20-19(16)23)22-11-9-21(10-12-22)15-5-2-1-3-6-15/h1-8H,9-14H2. The zero-order valence-corrected chi connectivity index (χ0v) is 14.4. The highest BCUT2D eigenvalue weighted by Gasteiger charge is 2.30.